The fourth-order valence-corrected chi connectivity index (χ4v) is 3.46. The van der Waals surface area contributed by atoms with Gasteiger partial charge in [-0.05, 0) is 62.4 Å². The summed E-state index contributed by atoms with van der Waals surface area (Å²) in [7, 11) is -3.89. The van der Waals surface area contributed by atoms with Crippen molar-refractivity contribution >= 4 is 33.3 Å². The lowest BCUT2D eigenvalue weighted by atomic mass is 10.2. The molecule has 1 aromatic heterocycles. The molecule has 0 saturated heterocycles. The number of hydrogen-bond acceptors (Lipinski definition) is 8. The number of phenols is 1. The van der Waals surface area contributed by atoms with E-state index in [9.17, 15) is 18.3 Å². The average Bonchev–Trinajstić information content (AvgIpc) is 2.66. The molecule has 0 saturated carbocycles. The number of carboxylic acids is 1. The third-order valence-corrected chi connectivity index (χ3v) is 5.19. The van der Waals surface area contributed by atoms with Gasteiger partial charge in [0.25, 0.3) is 10.0 Å². The smallest absolute Gasteiger partial charge is 0.339 e. The van der Waals surface area contributed by atoms with Crippen LogP contribution in [0.15, 0.2) is 63.7 Å². The highest BCUT2D eigenvalue weighted by Gasteiger charge is 2.16. The average molecular weight is 427 g/mol. The number of aromatic carboxylic acids is 1. The second-order valence-electron chi connectivity index (χ2n) is 6.28. The molecular weight excluding hydrogens is 410 g/mol. The minimum Gasteiger partial charge on any atom is -0.507 e. The number of nitrogens with one attached hydrogen (secondary N) is 1. The Labute approximate surface area is 172 Å². The van der Waals surface area contributed by atoms with E-state index in [-0.39, 0.29) is 27.8 Å². The number of rotatable bonds is 6. The first-order valence-electron chi connectivity index (χ1n) is 8.57. The molecule has 0 aliphatic rings. The number of hydrogen-bond donors (Lipinski definition) is 3. The molecule has 154 valence electrons. The summed E-state index contributed by atoms with van der Waals surface area (Å²) in [5.74, 6) is -1.69. The summed E-state index contributed by atoms with van der Waals surface area (Å²) < 4.78 is 27.4. The van der Waals surface area contributed by atoms with Gasteiger partial charge >= 0.3 is 5.97 Å². The lowest BCUT2D eigenvalue weighted by Gasteiger charge is -2.08. The van der Waals surface area contributed by atoms with E-state index in [0.717, 1.165) is 0 Å². The van der Waals surface area contributed by atoms with Crippen LogP contribution in [-0.4, -0.2) is 34.6 Å². The number of nitrogens with zero attached hydrogens (tertiary/aromatic N) is 4. The van der Waals surface area contributed by atoms with Crippen molar-refractivity contribution in [3.8, 4) is 5.75 Å². The fourth-order valence-electron chi connectivity index (χ4n) is 2.52. The van der Waals surface area contributed by atoms with Crippen LogP contribution >= 0.6 is 0 Å². The van der Waals surface area contributed by atoms with Crippen molar-refractivity contribution in [1.29, 1.82) is 0 Å². The maximum Gasteiger partial charge on any atom is 0.339 e. The SMILES string of the molecule is Cc1cc(C)nc(NS(=O)(=O)c2ccc(/N=N/c3ccc(O)c(C(=O)O)c3)cc2)n1. The van der Waals surface area contributed by atoms with Gasteiger partial charge in [0.1, 0.15) is 11.3 Å². The molecule has 0 spiro atoms. The maximum atomic E-state index is 12.5. The quantitative estimate of drug-likeness (QED) is 0.506. The van der Waals surface area contributed by atoms with Gasteiger partial charge in [0.2, 0.25) is 5.95 Å². The minimum atomic E-state index is -3.89. The molecular formula is C19H17N5O5S. The van der Waals surface area contributed by atoms with E-state index in [4.69, 9.17) is 5.11 Å². The Morgan fingerprint density at radius 1 is 0.933 bits per heavy atom. The summed E-state index contributed by atoms with van der Waals surface area (Å²) in [5, 5.41) is 26.4. The van der Waals surface area contributed by atoms with Crippen LogP contribution in [0.5, 0.6) is 5.75 Å². The number of aryl methyl sites for hydroxylation is 2. The first kappa shape index (κ1) is 20.9. The summed E-state index contributed by atoms with van der Waals surface area (Å²) in [6, 6.07) is 11.1. The van der Waals surface area contributed by atoms with Gasteiger partial charge in [-0.1, -0.05) is 0 Å². The second-order valence-corrected chi connectivity index (χ2v) is 7.96. The topological polar surface area (TPSA) is 154 Å². The number of sulfonamides is 1. The second kappa shape index (κ2) is 8.25. The van der Waals surface area contributed by atoms with E-state index in [2.05, 4.69) is 24.9 Å². The third kappa shape index (κ3) is 4.94. The van der Waals surface area contributed by atoms with E-state index in [1.165, 1.54) is 42.5 Å². The lowest BCUT2D eigenvalue weighted by molar-refractivity contribution is 0.0693. The zero-order chi connectivity index (χ0) is 21.9. The predicted molar refractivity (Wildman–Crippen MR) is 108 cm³/mol. The van der Waals surface area contributed by atoms with Gasteiger partial charge in [0.15, 0.2) is 0 Å². The van der Waals surface area contributed by atoms with E-state index in [1.807, 2.05) is 0 Å². The fraction of sp³-hybridized carbons (Fsp3) is 0.105. The summed E-state index contributed by atoms with van der Waals surface area (Å²) >= 11 is 0. The van der Waals surface area contributed by atoms with Crippen molar-refractivity contribution in [2.75, 3.05) is 4.72 Å². The molecule has 0 aliphatic heterocycles. The molecule has 11 heteroatoms. The number of azo groups is 1. The maximum absolute atomic E-state index is 12.5. The highest BCUT2D eigenvalue weighted by atomic mass is 32.2. The van der Waals surface area contributed by atoms with Crippen LogP contribution in [0.3, 0.4) is 0 Å². The molecule has 3 N–H and O–H groups in total. The minimum absolute atomic E-state index is 0.0120. The van der Waals surface area contributed by atoms with Gasteiger partial charge in [-0.15, -0.1) is 0 Å². The Morgan fingerprint density at radius 2 is 1.50 bits per heavy atom. The van der Waals surface area contributed by atoms with Crippen LogP contribution in [0.25, 0.3) is 0 Å². The van der Waals surface area contributed by atoms with E-state index in [0.29, 0.717) is 17.1 Å². The van der Waals surface area contributed by atoms with Crippen molar-refractivity contribution < 1.29 is 23.4 Å². The normalized spacial score (nSPS) is 11.5. The molecule has 0 aliphatic carbocycles. The van der Waals surface area contributed by atoms with Crippen LogP contribution in [-0.2, 0) is 10.0 Å². The van der Waals surface area contributed by atoms with Crippen molar-refractivity contribution in [2.24, 2.45) is 10.2 Å². The van der Waals surface area contributed by atoms with Crippen molar-refractivity contribution in [3.63, 3.8) is 0 Å². The third-order valence-electron chi connectivity index (χ3n) is 3.85. The molecule has 3 aromatic rings. The number of carbonyl (C=O) groups is 1. The van der Waals surface area contributed by atoms with Crippen molar-refractivity contribution in [1.82, 2.24) is 9.97 Å². The standard InChI is InChI=1S/C19H17N5O5S/c1-11-9-12(2)21-19(20-11)24-30(28,29)15-6-3-13(4-7-15)22-23-14-5-8-17(25)16(10-14)18(26)27/h3-10,25H,1-2H3,(H,26,27)(H,20,21,24)/b23-22+. The summed E-state index contributed by atoms with van der Waals surface area (Å²) in [4.78, 5) is 19.1. The van der Waals surface area contributed by atoms with Crippen molar-refractivity contribution in [2.45, 2.75) is 18.7 Å². The van der Waals surface area contributed by atoms with E-state index in [1.54, 1.807) is 19.9 Å². The molecule has 0 unspecified atom stereocenters. The molecule has 10 nitrogen and oxygen atoms in total. The van der Waals surface area contributed by atoms with E-state index >= 15 is 0 Å². The van der Waals surface area contributed by atoms with E-state index < -0.39 is 16.0 Å². The summed E-state index contributed by atoms with van der Waals surface area (Å²) in [5.41, 5.74) is 1.54. The number of anilines is 1. The predicted octanol–water partition coefficient (Wildman–Crippen LogP) is 3.71. The molecule has 3 rings (SSSR count). The Kier molecular flexibility index (Phi) is 5.74. The molecule has 0 radical (unpaired) electrons. The van der Waals surface area contributed by atoms with Gasteiger partial charge < -0.3 is 10.2 Å². The zero-order valence-corrected chi connectivity index (χ0v) is 16.8. The molecule has 0 bridgehead atoms. The Hall–Kier alpha value is -3.86. The lowest BCUT2D eigenvalue weighted by Crippen LogP contribution is -2.15. The summed E-state index contributed by atoms with van der Waals surface area (Å²) in [6.45, 7) is 3.47. The van der Waals surface area contributed by atoms with Gasteiger partial charge in [0.05, 0.1) is 16.3 Å². The molecule has 30 heavy (non-hydrogen) atoms. The van der Waals surface area contributed by atoms with Crippen LogP contribution in [0.2, 0.25) is 0 Å². The highest BCUT2D eigenvalue weighted by molar-refractivity contribution is 7.92. The van der Waals surface area contributed by atoms with Crippen LogP contribution < -0.4 is 4.72 Å². The Balaban J connectivity index is 1.78. The first-order valence-corrected chi connectivity index (χ1v) is 10.1. The van der Waals surface area contributed by atoms with Gasteiger partial charge in [-0.2, -0.15) is 10.2 Å². The van der Waals surface area contributed by atoms with Crippen LogP contribution in [0.1, 0.15) is 21.7 Å². The zero-order valence-electron chi connectivity index (χ0n) is 15.9. The summed E-state index contributed by atoms with van der Waals surface area (Å²) in [6.07, 6.45) is 0. The first-order chi connectivity index (χ1) is 14.1. The van der Waals surface area contributed by atoms with Crippen LogP contribution in [0.4, 0.5) is 17.3 Å². The van der Waals surface area contributed by atoms with Gasteiger partial charge in [-0.3, -0.25) is 0 Å². The van der Waals surface area contributed by atoms with Gasteiger partial charge in [-0.25, -0.2) is 27.9 Å². The monoisotopic (exact) mass is 427 g/mol. The Morgan fingerprint density at radius 3 is 2.10 bits per heavy atom. The van der Waals surface area contributed by atoms with Crippen molar-refractivity contribution in [3.05, 3.63) is 65.5 Å². The molecule has 0 fully saturated rings. The number of carboxylic acid groups (broad SMARTS) is 1. The number of benzene rings is 2. The Bertz CT molecular complexity index is 1220. The highest BCUT2D eigenvalue weighted by Crippen LogP contribution is 2.26. The number of aromatic nitrogens is 2. The van der Waals surface area contributed by atoms with Gasteiger partial charge in [0, 0.05) is 11.4 Å². The number of aromatic hydroxyl groups is 1. The largest absolute Gasteiger partial charge is 0.507 e. The molecule has 0 amide bonds. The molecule has 0 atom stereocenters. The molecule has 2 aromatic carbocycles. The molecule has 1 heterocycles. The van der Waals surface area contributed by atoms with Crippen LogP contribution in [0, 0.1) is 13.8 Å².